The highest BCUT2D eigenvalue weighted by molar-refractivity contribution is 8.00. The van der Waals surface area contributed by atoms with E-state index in [2.05, 4.69) is 17.6 Å². The summed E-state index contributed by atoms with van der Waals surface area (Å²) in [7, 11) is 0. The van der Waals surface area contributed by atoms with Crippen LogP contribution in [0.1, 0.15) is 47.5 Å². The van der Waals surface area contributed by atoms with E-state index >= 15 is 0 Å². The van der Waals surface area contributed by atoms with Gasteiger partial charge in [0.25, 0.3) is 0 Å². The summed E-state index contributed by atoms with van der Waals surface area (Å²) in [6, 6.07) is -0.118. The van der Waals surface area contributed by atoms with Crippen LogP contribution in [0.4, 0.5) is 0 Å². The normalized spacial score (nSPS) is 26.9. The summed E-state index contributed by atoms with van der Waals surface area (Å²) in [5, 5.41) is 6.35. The van der Waals surface area contributed by atoms with Crippen LogP contribution in [0.5, 0.6) is 0 Å². The fourth-order valence-electron chi connectivity index (χ4n) is 1.92. The van der Waals surface area contributed by atoms with Gasteiger partial charge < -0.3 is 10.6 Å². The second kappa shape index (κ2) is 5.61. The smallest absolute Gasteiger partial charge is 0.237 e. The minimum atomic E-state index is -0.154. The molecule has 1 aliphatic rings. The van der Waals surface area contributed by atoms with E-state index in [0.717, 1.165) is 6.54 Å². The molecule has 4 heteroatoms. The quantitative estimate of drug-likeness (QED) is 0.812. The first-order valence-electron chi connectivity index (χ1n) is 6.41. The number of nitrogens with one attached hydrogen (secondary N) is 2. The number of thioether (sulfide) groups is 1. The van der Waals surface area contributed by atoms with Crippen LogP contribution in [0.25, 0.3) is 0 Å². The largest absolute Gasteiger partial charge is 0.350 e. The molecule has 1 aliphatic heterocycles. The average Bonchev–Trinajstić information content (AvgIpc) is 2.59. The molecular formula is C13H26N2OS. The predicted octanol–water partition coefficient (Wildman–Crippen LogP) is 2.16. The summed E-state index contributed by atoms with van der Waals surface area (Å²) in [6.07, 6.45) is 2.55. The Morgan fingerprint density at radius 1 is 1.47 bits per heavy atom. The summed E-state index contributed by atoms with van der Waals surface area (Å²) in [5.41, 5.74) is -0.154. The van der Waals surface area contributed by atoms with Gasteiger partial charge in [0.2, 0.25) is 5.91 Å². The molecule has 2 atom stereocenters. The van der Waals surface area contributed by atoms with E-state index in [1.165, 1.54) is 18.6 Å². The minimum Gasteiger partial charge on any atom is -0.350 e. The van der Waals surface area contributed by atoms with Crippen LogP contribution in [0, 0.1) is 0 Å². The van der Waals surface area contributed by atoms with E-state index in [9.17, 15) is 4.79 Å². The second-order valence-electron chi connectivity index (χ2n) is 6.24. The van der Waals surface area contributed by atoms with E-state index in [1.54, 1.807) is 0 Å². The summed E-state index contributed by atoms with van der Waals surface area (Å²) in [6.45, 7) is 11.1. The maximum absolute atomic E-state index is 11.9. The molecule has 1 amide bonds. The van der Waals surface area contributed by atoms with Crippen molar-refractivity contribution < 1.29 is 4.79 Å². The number of amides is 1. The molecule has 0 aliphatic carbocycles. The molecule has 17 heavy (non-hydrogen) atoms. The standard InChI is InChI=1S/C13H26N2OS/c1-10(11(16)15-12(2,3)4)14-9-13(5)7-6-8-17-13/h10,14H,6-9H2,1-5H3,(H,15,16). The average molecular weight is 258 g/mol. The van der Waals surface area contributed by atoms with E-state index < -0.39 is 0 Å². The first-order valence-corrected chi connectivity index (χ1v) is 7.40. The molecule has 0 radical (unpaired) electrons. The molecule has 0 bridgehead atoms. The van der Waals surface area contributed by atoms with Crippen molar-refractivity contribution in [2.24, 2.45) is 0 Å². The third kappa shape index (κ3) is 5.30. The van der Waals surface area contributed by atoms with Crippen molar-refractivity contribution in [2.45, 2.75) is 63.8 Å². The molecule has 1 saturated heterocycles. The van der Waals surface area contributed by atoms with Crippen molar-refractivity contribution in [1.29, 1.82) is 0 Å². The van der Waals surface area contributed by atoms with E-state index in [0.29, 0.717) is 4.75 Å². The van der Waals surface area contributed by atoms with E-state index in [1.807, 2.05) is 39.5 Å². The molecule has 1 fully saturated rings. The Bertz CT molecular complexity index is 267. The number of hydrogen-bond donors (Lipinski definition) is 2. The zero-order valence-corrected chi connectivity index (χ0v) is 12.5. The highest BCUT2D eigenvalue weighted by Gasteiger charge is 2.30. The number of carbonyl (C=O) groups is 1. The zero-order chi connectivity index (χ0) is 13.1. The van der Waals surface area contributed by atoms with Crippen LogP contribution in [0.15, 0.2) is 0 Å². The number of carbonyl (C=O) groups excluding carboxylic acids is 1. The molecule has 2 unspecified atom stereocenters. The topological polar surface area (TPSA) is 41.1 Å². The lowest BCUT2D eigenvalue weighted by atomic mass is 10.0. The first kappa shape index (κ1) is 14.8. The Hall–Kier alpha value is -0.220. The Kier molecular flexibility index (Phi) is 4.90. The van der Waals surface area contributed by atoms with Crippen LogP contribution < -0.4 is 10.6 Å². The molecule has 0 spiro atoms. The molecule has 1 rings (SSSR count). The summed E-state index contributed by atoms with van der Waals surface area (Å²) >= 11 is 2.02. The van der Waals surface area contributed by atoms with Gasteiger partial charge in [0.05, 0.1) is 6.04 Å². The van der Waals surface area contributed by atoms with Crippen LogP contribution in [0.3, 0.4) is 0 Å². The Balaban J connectivity index is 2.33. The second-order valence-corrected chi connectivity index (χ2v) is 7.93. The monoisotopic (exact) mass is 258 g/mol. The summed E-state index contributed by atoms with van der Waals surface area (Å²) in [5.74, 6) is 1.34. The van der Waals surface area contributed by atoms with E-state index in [4.69, 9.17) is 0 Å². The molecule has 3 nitrogen and oxygen atoms in total. The third-order valence-electron chi connectivity index (χ3n) is 2.97. The maximum Gasteiger partial charge on any atom is 0.237 e. The summed E-state index contributed by atoms with van der Waals surface area (Å²) in [4.78, 5) is 11.9. The Labute approximate surface area is 109 Å². The fraction of sp³-hybridized carbons (Fsp3) is 0.923. The fourth-order valence-corrected chi connectivity index (χ4v) is 3.17. The van der Waals surface area contributed by atoms with Crippen molar-refractivity contribution in [3.05, 3.63) is 0 Å². The molecule has 0 aromatic rings. The lowest BCUT2D eigenvalue weighted by Crippen LogP contribution is -2.51. The predicted molar refractivity (Wildman–Crippen MR) is 75.5 cm³/mol. The van der Waals surface area contributed by atoms with Gasteiger partial charge in [0.15, 0.2) is 0 Å². The Morgan fingerprint density at radius 3 is 2.59 bits per heavy atom. The highest BCUT2D eigenvalue weighted by Crippen LogP contribution is 2.36. The van der Waals surface area contributed by atoms with Crippen molar-refractivity contribution in [3.63, 3.8) is 0 Å². The number of rotatable bonds is 4. The maximum atomic E-state index is 11.9. The molecule has 100 valence electrons. The van der Waals surface area contributed by atoms with Crippen LogP contribution in [-0.4, -0.2) is 34.5 Å². The van der Waals surface area contributed by atoms with Gasteiger partial charge in [-0.25, -0.2) is 0 Å². The SMILES string of the molecule is CC(NCC1(C)CCCS1)C(=O)NC(C)(C)C. The number of hydrogen-bond acceptors (Lipinski definition) is 3. The zero-order valence-electron chi connectivity index (χ0n) is 11.7. The van der Waals surface area contributed by atoms with Gasteiger partial charge >= 0.3 is 0 Å². The van der Waals surface area contributed by atoms with Crippen molar-refractivity contribution in [3.8, 4) is 0 Å². The molecule has 0 aromatic carbocycles. The van der Waals surface area contributed by atoms with Gasteiger partial charge in [-0.1, -0.05) is 0 Å². The molecule has 0 aromatic heterocycles. The lowest BCUT2D eigenvalue weighted by Gasteiger charge is -2.27. The van der Waals surface area contributed by atoms with Gasteiger partial charge in [0.1, 0.15) is 0 Å². The van der Waals surface area contributed by atoms with E-state index in [-0.39, 0.29) is 17.5 Å². The van der Waals surface area contributed by atoms with Crippen LogP contribution in [0.2, 0.25) is 0 Å². The van der Waals surface area contributed by atoms with Crippen LogP contribution in [-0.2, 0) is 4.79 Å². The molecular weight excluding hydrogens is 232 g/mol. The van der Waals surface area contributed by atoms with Gasteiger partial charge in [-0.3, -0.25) is 4.79 Å². The van der Waals surface area contributed by atoms with Gasteiger partial charge in [-0.15, -0.1) is 0 Å². The molecule has 0 saturated carbocycles. The first-order chi connectivity index (χ1) is 7.72. The summed E-state index contributed by atoms with van der Waals surface area (Å²) < 4.78 is 0.316. The van der Waals surface area contributed by atoms with Crippen LogP contribution >= 0.6 is 11.8 Å². The van der Waals surface area contributed by atoms with Gasteiger partial charge in [0, 0.05) is 16.8 Å². The van der Waals surface area contributed by atoms with Gasteiger partial charge in [-0.2, -0.15) is 11.8 Å². The third-order valence-corrected chi connectivity index (χ3v) is 4.51. The molecule has 2 N–H and O–H groups in total. The van der Waals surface area contributed by atoms with Crippen molar-refractivity contribution in [2.75, 3.05) is 12.3 Å². The highest BCUT2D eigenvalue weighted by atomic mass is 32.2. The van der Waals surface area contributed by atoms with Gasteiger partial charge in [-0.05, 0) is 53.2 Å². The Morgan fingerprint density at radius 2 is 2.12 bits per heavy atom. The minimum absolute atomic E-state index is 0.0871. The lowest BCUT2D eigenvalue weighted by molar-refractivity contribution is -0.124. The molecule has 1 heterocycles. The van der Waals surface area contributed by atoms with Crippen molar-refractivity contribution in [1.82, 2.24) is 10.6 Å². The van der Waals surface area contributed by atoms with Crippen molar-refractivity contribution >= 4 is 17.7 Å².